The monoisotopic (exact) mass is 452 g/mol. The lowest BCUT2D eigenvalue weighted by molar-refractivity contribution is -0.475. The molecule has 0 spiro atoms. The van der Waals surface area contributed by atoms with Gasteiger partial charge in [-0.05, 0) is 0 Å². The van der Waals surface area contributed by atoms with Crippen LogP contribution in [0.2, 0.25) is 0 Å². The number of aliphatic hydroxyl groups is 1. The molecule has 0 aliphatic heterocycles. The fourth-order valence-corrected chi connectivity index (χ4v) is 1.90. The predicted molar refractivity (Wildman–Crippen MR) is 59.4 cm³/mol. The highest BCUT2D eigenvalue weighted by Crippen LogP contribution is 2.63. The minimum atomic E-state index is -7.63. The molecule has 0 aliphatic rings. The molecule has 0 aromatic carbocycles. The van der Waals surface area contributed by atoms with Gasteiger partial charge in [-0.3, -0.25) is 10.1 Å². The summed E-state index contributed by atoms with van der Waals surface area (Å²) in [5.41, 5.74) is -7.21. The van der Waals surface area contributed by atoms with Crippen molar-refractivity contribution in [2.75, 3.05) is 0 Å². The molecule has 4 nitrogen and oxygen atoms in total. The van der Waals surface area contributed by atoms with Crippen molar-refractivity contribution in [1.82, 2.24) is 0 Å². The summed E-state index contributed by atoms with van der Waals surface area (Å²) in [6, 6.07) is -4.60. The minimum Gasteiger partial charge on any atom is -0.359 e. The summed E-state index contributed by atoms with van der Waals surface area (Å²) < 4.78 is 160. The van der Waals surface area contributed by atoms with Gasteiger partial charge in [-0.2, -0.15) is 39.5 Å². The minimum absolute atomic E-state index is 1.52. The quantitative estimate of drug-likeness (QED) is 0.183. The number of rotatable bonds is 9. The average molecular weight is 453 g/mol. The summed E-state index contributed by atoms with van der Waals surface area (Å²) >= 11 is 3.89. The van der Waals surface area contributed by atoms with E-state index in [0.29, 0.717) is 0 Å². The second-order valence-electron chi connectivity index (χ2n) is 4.71. The van der Waals surface area contributed by atoms with Crippen molar-refractivity contribution in [3.63, 3.8) is 0 Å². The van der Waals surface area contributed by atoms with Crippen LogP contribution in [-0.4, -0.2) is 57.2 Å². The summed E-state index contributed by atoms with van der Waals surface area (Å²) in [6.07, 6.45) is -5.10. The van der Waals surface area contributed by atoms with E-state index in [1.165, 1.54) is 6.58 Å². The van der Waals surface area contributed by atoms with E-state index in [2.05, 4.69) is 11.6 Å². The maximum atomic E-state index is 14.1. The van der Waals surface area contributed by atoms with Crippen LogP contribution in [0.5, 0.6) is 0 Å². The van der Waals surface area contributed by atoms with E-state index in [1.807, 2.05) is 4.89 Å². The van der Waals surface area contributed by atoms with Crippen molar-refractivity contribution in [2.45, 2.75) is 40.8 Å². The number of hydrogen-bond donors (Lipinski definition) is 2. The normalized spacial score (nSPS) is 19.8. The van der Waals surface area contributed by atoms with Crippen LogP contribution in [0.3, 0.4) is 0 Å². The first-order valence-electron chi connectivity index (χ1n) is 5.73. The van der Waals surface area contributed by atoms with Crippen LogP contribution in [0.1, 0.15) is 0 Å². The Morgan fingerprint density at radius 2 is 1.33 bits per heavy atom. The molecule has 2 N–H and O–H groups in total. The summed E-state index contributed by atoms with van der Waals surface area (Å²) in [4.78, 5) is 12.1. The maximum Gasteiger partial charge on any atom is 0.380 e. The molecule has 160 valence electrons. The summed E-state index contributed by atoms with van der Waals surface area (Å²) in [5, 5.41) is 9.20. The standard InChI is InChI=1S/C10H5ClF12O4/c1-2(12)5(15,16)8(27-26,6(17,18)3(13)24)10(22,23)9(11,21)7(19,20)4(14)25/h4,25-26H,1H2. The maximum absolute atomic E-state index is 14.1. The van der Waals surface area contributed by atoms with Crippen molar-refractivity contribution < 1.29 is 72.7 Å². The Labute approximate surface area is 144 Å². The molecule has 3 atom stereocenters. The van der Waals surface area contributed by atoms with Crippen LogP contribution in [0.4, 0.5) is 52.7 Å². The van der Waals surface area contributed by atoms with Gasteiger partial charge in [0, 0.05) is 0 Å². The van der Waals surface area contributed by atoms with Crippen LogP contribution >= 0.6 is 11.6 Å². The lowest BCUT2D eigenvalue weighted by Crippen LogP contribution is -2.79. The Morgan fingerprint density at radius 1 is 0.963 bits per heavy atom. The molecule has 0 heterocycles. The van der Waals surface area contributed by atoms with Crippen LogP contribution in [0.15, 0.2) is 12.4 Å². The largest absolute Gasteiger partial charge is 0.380 e. The molecule has 0 fully saturated rings. The molecule has 3 unspecified atom stereocenters. The number of aliphatic hydroxyl groups excluding tert-OH is 1. The third-order valence-electron chi connectivity index (χ3n) is 3.16. The van der Waals surface area contributed by atoms with Gasteiger partial charge in [0.2, 0.25) is 0 Å². The van der Waals surface area contributed by atoms with Gasteiger partial charge in [0.25, 0.3) is 6.36 Å². The zero-order valence-corrected chi connectivity index (χ0v) is 12.7. The van der Waals surface area contributed by atoms with E-state index < -0.39 is 52.6 Å². The Balaban J connectivity index is 7.37. The van der Waals surface area contributed by atoms with Crippen LogP contribution in [0.25, 0.3) is 0 Å². The predicted octanol–water partition coefficient (Wildman–Crippen LogP) is 3.93. The van der Waals surface area contributed by atoms with E-state index in [9.17, 15) is 57.5 Å². The lowest BCUT2D eigenvalue weighted by atomic mass is 9.77. The highest BCUT2D eigenvalue weighted by molar-refractivity contribution is 6.24. The van der Waals surface area contributed by atoms with Crippen molar-refractivity contribution in [3.05, 3.63) is 12.4 Å². The number of alkyl halides is 11. The number of halogens is 13. The molecule has 0 radical (unpaired) electrons. The van der Waals surface area contributed by atoms with Gasteiger partial charge in [0.15, 0.2) is 5.83 Å². The first-order valence-corrected chi connectivity index (χ1v) is 6.11. The van der Waals surface area contributed by atoms with Gasteiger partial charge in [0.1, 0.15) is 0 Å². The number of carbonyl (C=O) groups excluding carboxylic acids is 1. The number of carbonyl (C=O) groups is 1. The van der Waals surface area contributed by atoms with Crippen LogP contribution in [-0.2, 0) is 9.68 Å². The molecular formula is C10H5ClF12O4. The Hall–Kier alpha value is -1.26. The SMILES string of the molecule is C=C(F)C(F)(F)C(OO)(C(F)(F)C(=O)F)C(F)(F)C(F)(Cl)C(F)(F)C(O)F. The van der Waals surface area contributed by atoms with E-state index in [4.69, 9.17) is 10.4 Å². The molecule has 17 heteroatoms. The van der Waals surface area contributed by atoms with Crippen LogP contribution < -0.4 is 0 Å². The molecule has 0 aromatic rings. The molecule has 0 aliphatic carbocycles. The van der Waals surface area contributed by atoms with E-state index in [-0.39, 0.29) is 0 Å². The molecule has 0 amide bonds. The average Bonchev–Trinajstić information content (AvgIpc) is 2.46. The second-order valence-corrected chi connectivity index (χ2v) is 5.23. The molecular weight excluding hydrogens is 448 g/mol. The van der Waals surface area contributed by atoms with Crippen molar-refractivity contribution in [1.29, 1.82) is 0 Å². The fraction of sp³-hybridized carbons (Fsp3) is 0.700. The van der Waals surface area contributed by atoms with Crippen molar-refractivity contribution in [2.24, 2.45) is 0 Å². The van der Waals surface area contributed by atoms with Gasteiger partial charge in [-0.1, -0.05) is 18.2 Å². The summed E-state index contributed by atoms with van der Waals surface area (Å²) in [5.74, 6) is -32.2. The van der Waals surface area contributed by atoms with Crippen molar-refractivity contribution >= 4 is 17.6 Å². The molecule has 0 saturated carbocycles. The third kappa shape index (κ3) is 3.05. The van der Waals surface area contributed by atoms with Gasteiger partial charge in [-0.15, -0.1) is 0 Å². The molecule has 0 aromatic heterocycles. The molecule has 27 heavy (non-hydrogen) atoms. The molecule has 0 saturated heterocycles. The van der Waals surface area contributed by atoms with Crippen molar-refractivity contribution in [3.8, 4) is 0 Å². The smallest absolute Gasteiger partial charge is 0.359 e. The van der Waals surface area contributed by atoms with Gasteiger partial charge in [-0.25, -0.2) is 18.1 Å². The Kier molecular flexibility index (Phi) is 6.64. The van der Waals surface area contributed by atoms with E-state index in [0.717, 1.165) is 0 Å². The van der Waals surface area contributed by atoms with Crippen LogP contribution in [0, 0.1) is 0 Å². The lowest BCUT2D eigenvalue weighted by Gasteiger charge is -2.47. The Morgan fingerprint density at radius 3 is 1.56 bits per heavy atom. The van der Waals surface area contributed by atoms with Gasteiger partial charge < -0.3 is 5.11 Å². The molecule has 0 bridgehead atoms. The van der Waals surface area contributed by atoms with Gasteiger partial charge >= 0.3 is 40.5 Å². The number of hydrogen-bond acceptors (Lipinski definition) is 4. The summed E-state index contributed by atoms with van der Waals surface area (Å²) in [7, 11) is 0. The Bertz CT molecular complexity index is 579. The van der Waals surface area contributed by atoms with E-state index in [1.54, 1.807) is 0 Å². The summed E-state index contributed by atoms with van der Waals surface area (Å²) in [6.45, 7) is 1.52. The first-order chi connectivity index (χ1) is 11.6. The zero-order chi connectivity index (χ0) is 22.4. The fourth-order valence-electron chi connectivity index (χ4n) is 1.67. The highest BCUT2D eigenvalue weighted by Gasteiger charge is 2.93. The third-order valence-corrected chi connectivity index (χ3v) is 3.65. The first kappa shape index (κ1) is 25.7. The second kappa shape index (κ2) is 6.97. The zero-order valence-electron chi connectivity index (χ0n) is 11.9. The highest BCUT2D eigenvalue weighted by atomic mass is 35.5. The van der Waals surface area contributed by atoms with Gasteiger partial charge in [0.05, 0.1) is 0 Å². The topological polar surface area (TPSA) is 66.8 Å². The van der Waals surface area contributed by atoms with E-state index >= 15 is 0 Å². The molecule has 0 rings (SSSR count).